The smallest absolute Gasteiger partial charge is 0.247 e. The van der Waals surface area contributed by atoms with E-state index in [0.717, 1.165) is 22.6 Å². The van der Waals surface area contributed by atoms with Gasteiger partial charge in [0.05, 0.1) is 23.3 Å². The quantitative estimate of drug-likeness (QED) is 0.367. The number of benzene rings is 2. The molecule has 6 heteroatoms. The van der Waals surface area contributed by atoms with Gasteiger partial charge >= 0.3 is 0 Å². The van der Waals surface area contributed by atoms with E-state index in [9.17, 15) is 9.59 Å². The number of para-hydroxylation sites is 2. The lowest BCUT2D eigenvalue weighted by atomic mass is 10.0. The molecule has 3 heterocycles. The van der Waals surface area contributed by atoms with E-state index in [4.69, 9.17) is 4.42 Å². The lowest BCUT2D eigenvalue weighted by molar-refractivity contribution is -0.137. The van der Waals surface area contributed by atoms with Gasteiger partial charge in [-0.2, -0.15) is 0 Å². The number of amides is 2. The summed E-state index contributed by atoms with van der Waals surface area (Å²) in [6.07, 6.45) is 4.63. The normalized spacial score (nSPS) is 14.5. The van der Waals surface area contributed by atoms with E-state index < -0.39 is 6.04 Å². The highest BCUT2D eigenvalue weighted by atomic mass is 16.3. The first kappa shape index (κ1) is 22.7. The summed E-state index contributed by atoms with van der Waals surface area (Å²) >= 11 is 0. The summed E-state index contributed by atoms with van der Waals surface area (Å²) in [7, 11) is 0. The number of carbonyl (C=O) groups excluding carboxylic acids is 2. The molecule has 1 atom stereocenters. The molecule has 0 aliphatic carbocycles. The number of carbonyl (C=O) groups is 2. The van der Waals surface area contributed by atoms with Crippen molar-refractivity contribution in [2.75, 3.05) is 11.4 Å². The minimum Gasteiger partial charge on any atom is -0.467 e. The molecule has 0 fully saturated rings. The number of anilines is 1. The molecule has 5 rings (SSSR count). The zero-order valence-electron chi connectivity index (χ0n) is 20.0. The Balaban J connectivity index is 1.45. The van der Waals surface area contributed by atoms with Crippen molar-refractivity contribution >= 4 is 17.5 Å². The van der Waals surface area contributed by atoms with Crippen LogP contribution in [0.25, 0.3) is 5.69 Å². The minimum atomic E-state index is -0.421. The van der Waals surface area contributed by atoms with Crippen molar-refractivity contribution in [1.29, 1.82) is 0 Å². The maximum Gasteiger partial charge on any atom is 0.247 e. The molecule has 0 saturated heterocycles. The van der Waals surface area contributed by atoms with Crippen molar-refractivity contribution in [3.05, 3.63) is 108 Å². The fourth-order valence-corrected chi connectivity index (χ4v) is 4.80. The van der Waals surface area contributed by atoms with Crippen LogP contribution < -0.4 is 4.90 Å². The molecule has 0 spiro atoms. The summed E-state index contributed by atoms with van der Waals surface area (Å²) in [5, 5.41) is 0. The summed E-state index contributed by atoms with van der Waals surface area (Å²) in [4.78, 5) is 30.7. The van der Waals surface area contributed by atoms with E-state index in [1.165, 1.54) is 0 Å². The average Bonchev–Trinajstić information content (AvgIpc) is 3.58. The van der Waals surface area contributed by atoms with Crippen LogP contribution in [0.1, 0.15) is 43.3 Å². The molecule has 4 aromatic rings. The molecule has 0 N–H and O–H groups in total. The van der Waals surface area contributed by atoms with Gasteiger partial charge in [-0.1, -0.05) is 42.5 Å². The van der Waals surface area contributed by atoms with Crippen LogP contribution in [0.3, 0.4) is 0 Å². The zero-order chi connectivity index (χ0) is 24.4. The van der Waals surface area contributed by atoms with Crippen LogP contribution in [0.15, 0.2) is 95.7 Å². The largest absolute Gasteiger partial charge is 0.467 e. The van der Waals surface area contributed by atoms with Gasteiger partial charge in [-0.3, -0.25) is 14.5 Å². The van der Waals surface area contributed by atoms with E-state index in [0.29, 0.717) is 18.6 Å². The molecular formula is C29H29N3O3. The Morgan fingerprint density at radius 2 is 1.66 bits per heavy atom. The lowest BCUT2D eigenvalue weighted by Gasteiger charge is -2.38. The summed E-state index contributed by atoms with van der Waals surface area (Å²) in [6.45, 7) is 3.90. The molecular weight excluding hydrogens is 438 g/mol. The average molecular weight is 468 g/mol. The highest BCUT2D eigenvalue weighted by molar-refractivity contribution is 6.00. The molecule has 0 bridgehead atoms. The molecule has 0 radical (unpaired) electrons. The van der Waals surface area contributed by atoms with Crippen LogP contribution in [0.2, 0.25) is 0 Å². The van der Waals surface area contributed by atoms with Gasteiger partial charge in [-0.05, 0) is 62.2 Å². The maximum atomic E-state index is 14.0. The molecule has 2 amide bonds. The second-order valence-corrected chi connectivity index (χ2v) is 9.07. The third kappa shape index (κ3) is 4.39. The third-order valence-corrected chi connectivity index (χ3v) is 6.52. The first-order valence-electron chi connectivity index (χ1n) is 12.0. The topological polar surface area (TPSA) is 58.7 Å². The SMILES string of the molecule is CC(C)N(CC(=O)N1c2ccccc2-n2cccc2C1c1ccco1)C(=O)CCc1ccccc1. The van der Waals surface area contributed by atoms with Gasteiger partial charge in [0.25, 0.3) is 0 Å². The predicted octanol–water partition coefficient (Wildman–Crippen LogP) is 5.38. The van der Waals surface area contributed by atoms with Gasteiger partial charge in [0.15, 0.2) is 0 Å². The number of hydrogen-bond acceptors (Lipinski definition) is 3. The van der Waals surface area contributed by atoms with E-state index in [2.05, 4.69) is 4.57 Å². The molecule has 1 aliphatic heterocycles. The fourth-order valence-electron chi connectivity index (χ4n) is 4.80. The summed E-state index contributed by atoms with van der Waals surface area (Å²) < 4.78 is 7.89. The summed E-state index contributed by atoms with van der Waals surface area (Å²) in [6, 6.07) is 25.0. The number of hydrogen-bond donors (Lipinski definition) is 0. The first-order chi connectivity index (χ1) is 17.0. The van der Waals surface area contributed by atoms with Gasteiger partial charge in [0.1, 0.15) is 18.3 Å². The van der Waals surface area contributed by atoms with Crippen LogP contribution in [0.5, 0.6) is 0 Å². The molecule has 1 aliphatic rings. The standard InChI is InChI=1S/C29H29N3O3/c1-21(2)31(27(33)17-16-22-10-4-3-5-11-22)20-28(34)32-24-13-7-6-12-23(24)30-18-8-14-25(30)29(32)26-15-9-19-35-26/h3-15,18-19,21,29H,16-17,20H2,1-2H3. The van der Waals surface area contributed by atoms with Crippen molar-refractivity contribution in [2.45, 2.75) is 38.8 Å². The minimum absolute atomic E-state index is 0.00244. The monoisotopic (exact) mass is 467 g/mol. The number of furan rings is 1. The van der Waals surface area contributed by atoms with Gasteiger partial charge in [-0.15, -0.1) is 0 Å². The molecule has 35 heavy (non-hydrogen) atoms. The molecule has 2 aromatic heterocycles. The molecule has 6 nitrogen and oxygen atoms in total. The Kier molecular flexibility index (Phi) is 6.27. The van der Waals surface area contributed by atoms with Crippen molar-refractivity contribution in [3.63, 3.8) is 0 Å². The Morgan fingerprint density at radius 3 is 2.37 bits per heavy atom. The third-order valence-electron chi connectivity index (χ3n) is 6.52. The number of rotatable bonds is 7. The molecule has 2 aromatic carbocycles. The van der Waals surface area contributed by atoms with E-state index >= 15 is 0 Å². The maximum absolute atomic E-state index is 14.0. The van der Waals surface area contributed by atoms with Gasteiger partial charge < -0.3 is 13.9 Å². The summed E-state index contributed by atoms with van der Waals surface area (Å²) in [5.74, 6) is 0.507. The first-order valence-corrected chi connectivity index (χ1v) is 12.0. The highest BCUT2D eigenvalue weighted by Gasteiger charge is 2.38. The van der Waals surface area contributed by atoms with Gasteiger partial charge in [0.2, 0.25) is 11.8 Å². The second-order valence-electron chi connectivity index (χ2n) is 9.07. The molecule has 178 valence electrons. The van der Waals surface area contributed by atoms with Crippen LogP contribution >= 0.6 is 0 Å². The van der Waals surface area contributed by atoms with Crippen LogP contribution in [-0.2, 0) is 16.0 Å². The number of nitrogens with zero attached hydrogens (tertiary/aromatic N) is 3. The summed E-state index contributed by atoms with van der Waals surface area (Å²) in [5.41, 5.74) is 3.77. The van der Waals surface area contributed by atoms with E-state index in [-0.39, 0.29) is 24.4 Å². The van der Waals surface area contributed by atoms with Gasteiger partial charge in [-0.25, -0.2) is 0 Å². The number of fused-ring (bicyclic) bond motifs is 3. The van der Waals surface area contributed by atoms with Crippen LogP contribution in [-0.4, -0.2) is 33.9 Å². The predicted molar refractivity (Wildman–Crippen MR) is 135 cm³/mol. The Morgan fingerprint density at radius 1 is 0.914 bits per heavy atom. The lowest BCUT2D eigenvalue weighted by Crippen LogP contribution is -2.48. The van der Waals surface area contributed by atoms with E-state index in [1.807, 2.05) is 98.9 Å². The Labute approximate surface area is 205 Å². The number of aromatic nitrogens is 1. The van der Waals surface area contributed by atoms with Crippen molar-refractivity contribution in [2.24, 2.45) is 0 Å². The van der Waals surface area contributed by atoms with Crippen LogP contribution in [0.4, 0.5) is 5.69 Å². The van der Waals surface area contributed by atoms with Crippen molar-refractivity contribution < 1.29 is 14.0 Å². The fraction of sp³-hybridized carbons (Fsp3) is 0.241. The molecule has 0 saturated carbocycles. The van der Waals surface area contributed by atoms with E-state index in [1.54, 1.807) is 16.1 Å². The van der Waals surface area contributed by atoms with Gasteiger partial charge in [0, 0.05) is 18.7 Å². The van der Waals surface area contributed by atoms with Crippen molar-refractivity contribution in [3.8, 4) is 5.69 Å². The molecule has 1 unspecified atom stereocenters. The Bertz CT molecular complexity index is 1310. The zero-order valence-corrected chi connectivity index (χ0v) is 20.0. The highest BCUT2D eigenvalue weighted by Crippen LogP contribution is 2.42. The van der Waals surface area contributed by atoms with Crippen molar-refractivity contribution in [1.82, 2.24) is 9.47 Å². The number of aryl methyl sites for hydroxylation is 1. The van der Waals surface area contributed by atoms with Crippen LogP contribution in [0, 0.1) is 0 Å². The Hall–Kier alpha value is -4.06. The second kappa shape index (κ2) is 9.66.